The first-order valence-corrected chi connectivity index (χ1v) is 5.60. The number of rotatable bonds is 5. The van der Waals surface area contributed by atoms with Crippen LogP contribution in [0.2, 0.25) is 0 Å². The predicted octanol–water partition coefficient (Wildman–Crippen LogP) is -0.189. The third-order valence-corrected chi connectivity index (χ3v) is 3.20. The molecule has 1 nitrogen and oxygen atoms in total. The number of unbranched alkanes of at least 4 members (excludes halogenated alkanes) is 3. The minimum Gasteiger partial charge on any atom is -1.00 e. The average Bonchev–Trinajstić information content (AvgIpc) is 2.47. The fraction of sp³-hybridized carbons (Fsp3) is 1.00. The molecular formula is C11H24ClN. The topological polar surface area (TPSA) is 0 Å². The molecule has 0 aromatic carbocycles. The zero-order chi connectivity index (χ0) is 8.86. The number of nitrogens with zero attached hydrogens (tertiary/aromatic N) is 1. The van der Waals surface area contributed by atoms with Gasteiger partial charge in [-0.15, -0.1) is 0 Å². The maximum atomic E-state index is 2.43. The Balaban J connectivity index is 0.00000144. The summed E-state index contributed by atoms with van der Waals surface area (Å²) in [5.74, 6) is 0. The van der Waals surface area contributed by atoms with Crippen molar-refractivity contribution in [1.29, 1.82) is 0 Å². The van der Waals surface area contributed by atoms with Crippen LogP contribution in [0.1, 0.15) is 45.4 Å². The predicted molar refractivity (Wildman–Crippen MR) is 54.2 cm³/mol. The number of halogens is 1. The first kappa shape index (κ1) is 13.2. The Labute approximate surface area is 89.5 Å². The highest BCUT2D eigenvalue weighted by Gasteiger charge is 2.25. The highest BCUT2D eigenvalue weighted by molar-refractivity contribution is 4.52. The van der Waals surface area contributed by atoms with E-state index in [1.165, 1.54) is 62.6 Å². The summed E-state index contributed by atoms with van der Waals surface area (Å²) in [5.41, 5.74) is 0. The number of quaternary nitrogens is 1. The summed E-state index contributed by atoms with van der Waals surface area (Å²) >= 11 is 0. The van der Waals surface area contributed by atoms with Gasteiger partial charge in [0.15, 0.2) is 0 Å². The van der Waals surface area contributed by atoms with Crippen molar-refractivity contribution in [3.63, 3.8) is 0 Å². The minimum absolute atomic E-state index is 0. The molecule has 1 aliphatic rings. The van der Waals surface area contributed by atoms with Crippen LogP contribution in [0.5, 0.6) is 0 Å². The molecule has 1 saturated heterocycles. The molecule has 80 valence electrons. The van der Waals surface area contributed by atoms with Gasteiger partial charge in [0.1, 0.15) is 0 Å². The van der Waals surface area contributed by atoms with Gasteiger partial charge in [-0.2, -0.15) is 0 Å². The number of hydrogen-bond acceptors (Lipinski definition) is 0. The largest absolute Gasteiger partial charge is 1.00 e. The van der Waals surface area contributed by atoms with Gasteiger partial charge in [-0.1, -0.05) is 19.8 Å². The molecule has 0 amide bonds. The fourth-order valence-electron chi connectivity index (χ4n) is 2.24. The van der Waals surface area contributed by atoms with E-state index in [1.807, 2.05) is 0 Å². The standard InChI is InChI=1S/C11H24N.ClH/c1-3-4-5-6-9-12(2)10-7-8-11-12;/h3-11H2,1-2H3;1H/q+1;/p-1. The molecule has 13 heavy (non-hydrogen) atoms. The van der Waals surface area contributed by atoms with E-state index >= 15 is 0 Å². The summed E-state index contributed by atoms with van der Waals surface area (Å²) in [6, 6.07) is 0. The first-order valence-electron chi connectivity index (χ1n) is 5.60. The average molecular weight is 206 g/mol. The maximum absolute atomic E-state index is 2.43. The second-order valence-corrected chi connectivity index (χ2v) is 4.56. The lowest BCUT2D eigenvalue weighted by atomic mass is 10.2. The van der Waals surface area contributed by atoms with Crippen molar-refractivity contribution >= 4 is 0 Å². The van der Waals surface area contributed by atoms with Gasteiger partial charge in [0.05, 0.1) is 26.7 Å². The SMILES string of the molecule is CCCCCC[N+]1(C)CCCC1.[Cl-]. The van der Waals surface area contributed by atoms with Crippen molar-refractivity contribution in [2.75, 3.05) is 26.7 Å². The highest BCUT2D eigenvalue weighted by atomic mass is 35.5. The quantitative estimate of drug-likeness (QED) is 0.431. The summed E-state index contributed by atoms with van der Waals surface area (Å²) in [6.45, 7) is 6.59. The summed E-state index contributed by atoms with van der Waals surface area (Å²) in [4.78, 5) is 0. The zero-order valence-corrected chi connectivity index (χ0v) is 9.95. The number of hydrogen-bond donors (Lipinski definition) is 0. The van der Waals surface area contributed by atoms with Crippen LogP contribution in [-0.4, -0.2) is 31.2 Å². The molecule has 0 spiro atoms. The smallest absolute Gasteiger partial charge is 0.0786 e. The molecule has 0 aliphatic carbocycles. The van der Waals surface area contributed by atoms with Crippen molar-refractivity contribution in [3.8, 4) is 0 Å². The molecule has 0 unspecified atom stereocenters. The van der Waals surface area contributed by atoms with Gasteiger partial charge >= 0.3 is 0 Å². The van der Waals surface area contributed by atoms with E-state index in [0.717, 1.165) is 0 Å². The van der Waals surface area contributed by atoms with Crippen molar-refractivity contribution in [2.45, 2.75) is 45.4 Å². The van der Waals surface area contributed by atoms with Gasteiger partial charge in [0.25, 0.3) is 0 Å². The molecule has 0 radical (unpaired) electrons. The van der Waals surface area contributed by atoms with Gasteiger partial charge in [0.2, 0.25) is 0 Å². The maximum Gasteiger partial charge on any atom is 0.0786 e. The van der Waals surface area contributed by atoms with E-state index in [4.69, 9.17) is 0 Å². The summed E-state index contributed by atoms with van der Waals surface area (Å²) in [7, 11) is 2.43. The van der Waals surface area contributed by atoms with Gasteiger partial charge in [-0.05, 0) is 12.8 Å². The lowest BCUT2D eigenvalue weighted by molar-refractivity contribution is -0.897. The fourth-order valence-corrected chi connectivity index (χ4v) is 2.24. The third-order valence-electron chi connectivity index (χ3n) is 3.20. The zero-order valence-electron chi connectivity index (χ0n) is 9.19. The third kappa shape index (κ3) is 4.87. The van der Waals surface area contributed by atoms with E-state index < -0.39 is 0 Å². The van der Waals surface area contributed by atoms with Crippen molar-refractivity contribution in [2.24, 2.45) is 0 Å². The van der Waals surface area contributed by atoms with E-state index in [2.05, 4.69) is 14.0 Å². The summed E-state index contributed by atoms with van der Waals surface area (Å²) in [6.07, 6.45) is 8.62. The lowest BCUT2D eigenvalue weighted by Gasteiger charge is -2.29. The van der Waals surface area contributed by atoms with Crippen LogP contribution in [0.4, 0.5) is 0 Å². The van der Waals surface area contributed by atoms with Crippen LogP contribution in [0.25, 0.3) is 0 Å². The van der Waals surface area contributed by atoms with E-state index in [9.17, 15) is 0 Å². The number of likely N-dealkylation sites (tertiary alicyclic amines) is 1. The first-order chi connectivity index (χ1) is 5.77. The summed E-state index contributed by atoms with van der Waals surface area (Å²) in [5, 5.41) is 0. The molecule has 1 aliphatic heterocycles. The van der Waals surface area contributed by atoms with Crippen molar-refractivity contribution in [3.05, 3.63) is 0 Å². The van der Waals surface area contributed by atoms with Crippen LogP contribution in [0.3, 0.4) is 0 Å². The monoisotopic (exact) mass is 205 g/mol. The molecule has 1 fully saturated rings. The van der Waals surface area contributed by atoms with Gasteiger partial charge in [-0.3, -0.25) is 0 Å². The van der Waals surface area contributed by atoms with Gasteiger partial charge in [0, 0.05) is 12.8 Å². The van der Waals surface area contributed by atoms with Crippen LogP contribution in [0, 0.1) is 0 Å². The van der Waals surface area contributed by atoms with E-state index in [1.54, 1.807) is 0 Å². The van der Waals surface area contributed by atoms with Crippen LogP contribution in [0.15, 0.2) is 0 Å². The van der Waals surface area contributed by atoms with Crippen LogP contribution >= 0.6 is 0 Å². The Morgan fingerprint density at radius 2 is 1.62 bits per heavy atom. The van der Waals surface area contributed by atoms with Crippen molar-refractivity contribution < 1.29 is 16.9 Å². The van der Waals surface area contributed by atoms with Crippen LogP contribution < -0.4 is 12.4 Å². The summed E-state index contributed by atoms with van der Waals surface area (Å²) < 4.78 is 1.36. The molecule has 2 heteroatoms. The highest BCUT2D eigenvalue weighted by Crippen LogP contribution is 2.17. The van der Waals surface area contributed by atoms with Gasteiger partial charge in [-0.25, -0.2) is 0 Å². The lowest BCUT2D eigenvalue weighted by Crippen LogP contribution is -3.00. The second kappa shape index (κ2) is 6.67. The van der Waals surface area contributed by atoms with E-state index in [-0.39, 0.29) is 12.4 Å². The van der Waals surface area contributed by atoms with E-state index in [0.29, 0.717) is 0 Å². The van der Waals surface area contributed by atoms with Crippen LogP contribution in [-0.2, 0) is 0 Å². The normalized spacial score (nSPS) is 19.8. The molecule has 1 heterocycles. The van der Waals surface area contributed by atoms with Gasteiger partial charge < -0.3 is 16.9 Å². The Kier molecular flexibility index (Phi) is 6.79. The molecule has 0 saturated carbocycles. The molecular weight excluding hydrogens is 182 g/mol. The molecule has 0 N–H and O–H groups in total. The minimum atomic E-state index is 0. The van der Waals surface area contributed by atoms with Crippen molar-refractivity contribution in [1.82, 2.24) is 0 Å². The Bertz CT molecular complexity index is 119. The second-order valence-electron chi connectivity index (χ2n) is 4.56. The molecule has 1 rings (SSSR count). The Morgan fingerprint density at radius 3 is 2.15 bits per heavy atom. The molecule has 0 atom stereocenters. The Morgan fingerprint density at radius 1 is 1.00 bits per heavy atom. The Hall–Kier alpha value is 0.250. The molecule has 0 aromatic rings. The molecule has 0 aromatic heterocycles. The molecule has 0 bridgehead atoms.